The largest absolute Gasteiger partial charge is 0.488 e. The third kappa shape index (κ3) is 7.16. The number of benzene rings is 1. The van der Waals surface area contributed by atoms with Crippen LogP contribution in [-0.2, 0) is 0 Å². The number of likely N-dealkylation sites (tertiary alicyclic amines) is 1. The standard InChI is InChI=1S/C26H32FN5O2S.CH4O2/c1-17-22-24(31-20-10-9-18(27)15-21(20)34-19-7-2-3-8-19)29-16-30-26(22)35-23(17)25(33)28-11-6-14-32-12-4-5-13-32;2-1-3/h9-10,15-16,19H,2-8,11-14H2,1H3,(H,28,33)(H,29,30,31);2-3H,1H2. The summed E-state index contributed by atoms with van der Waals surface area (Å²) in [5.41, 5.74) is 1.49. The smallest absolute Gasteiger partial charge is 0.261 e. The van der Waals surface area contributed by atoms with Crippen LogP contribution >= 0.6 is 11.3 Å². The highest BCUT2D eigenvalue weighted by Crippen LogP contribution is 2.37. The molecule has 4 N–H and O–H groups in total. The van der Waals surface area contributed by atoms with E-state index in [1.807, 2.05) is 6.92 Å². The molecule has 1 aliphatic carbocycles. The zero-order valence-electron chi connectivity index (χ0n) is 21.7. The minimum absolute atomic E-state index is 0.0788. The average molecular weight is 546 g/mol. The number of rotatable bonds is 9. The van der Waals surface area contributed by atoms with E-state index in [9.17, 15) is 9.18 Å². The van der Waals surface area contributed by atoms with Crippen LogP contribution in [0.4, 0.5) is 15.9 Å². The van der Waals surface area contributed by atoms with Crippen LogP contribution in [0.5, 0.6) is 5.75 Å². The zero-order chi connectivity index (χ0) is 26.9. The SMILES string of the molecule is Cc1c(C(=O)NCCCN2CCCC2)sc2ncnc(Nc3ccc(F)cc3OC3CCCC3)c12.OCO. The molecule has 0 unspecified atom stereocenters. The highest BCUT2D eigenvalue weighted by atomic mass is 32.1. The molecule has 0 spiro atoms. The van der Waals surface area contributed by atoms with Crippen LogP contribution in [0.2, 0.25) is 0 Å². The number of hydrogen-bond acceptors (Lipinski definition) is 9. The van der Waals surface area contributed by atoms with Gasteiger partial charge in [0.2, 0.25) is 0 Å². The maximum Gasteiger partial charge on any atom is 0.261 e. The molecule has 2 aliphatic rings. The Morgan fingerprint density at radius 1 is 1.18 bits per heavy atom. The Morgan fingerprint density at radius 3 is 2.66 bits per heavy atom. The van der Waals surface area contributed by atoms with Gasteiger partial charge in [0.25, 0.3) is 5.91 Å². The number of anilines is 2. The number of hydrogen-bond donors (Lipinski definition) is 4. The van der Waals surface area contributed by atoms with Gasteiger partial charge in [-0.05, 0) is 89.2 Å². The maximum atomic E-state index is 14.0. The van der Waals surface area contributed by atoms with Crippen molar-refractivity contribution in [1.29, 1.82) is 0 Å². The Labute approximate surface area is 226 Å². The fraction of sp³-hybridized carbons (Fsp3) is 0.519. The summed E-state index contributed by atoms with van der Waals surface area (Å²) in [6.45, 7) is 5.18. The van der Waals surface area contributed by atoms with E-state index in [-0.39, 0.29) is 17.8 Å². The van der Waals surface area contributed by atoms with Crippen molar-refractivity contribution in [3.63, 3.8) is 0 Å². The van der Waals surface area contributed by atoms with Crippen LogP contribution in [0.15, 0.2) is 24.5 Å². The number of aliphatic hydroxyl groups is 2. The highest BCUT2D eigenvalue weighted by Gasteiger charge is 2.22. The molecular weight excluding hydrogens is 509 g/mol. The molecule has 38 heavy (non-hydrogen) atoms. The van der Waals surface area contributed by atoms with E-state index in [1.54, 1.807) is 6.07 Å². The van der Waals surface area contributed by atoms with Gasteiger partial charge in [0.15, 0.2) is 0 Å². The number of ether oxygens (including phenoxy) is 1. The second-order valence-corrected chi connectivity index (χ2v) is 10.5. The Hall–Kier alpha value is -2.86. The van der Waals surface area contributed by atoms with Gasteiger partial charge >= 0.3 is 0 Å². The van der Waals surface area contributed by atoms with Gasteiger partial charge in [-0.1, -0.05) is 0 Å². The van der Waals surface area contributed by atoms with Crippen LogP contribution in [0.25, 0.3) is 10.2 Å². The lowest BCUT2D eigenvalue weighted by Gasteiger charge is -2.17. The lowest BCUT2D eigenvalue weighted by Crippen LogP contribution is -2.28. The van der Waals surface area contributed by atoms with Crippen molar-refractivity contribution in [2.45, 2.75) is 58.0 Å². The van der Waals surface area contributed by atoms with E-state index in [1.165, 1.54) is 55.7 Å². The van der Waals surface area contributed by atoms with Crippen molar-refractivity contribution in [3.8, 4) is 5.75 Å². The second-order valence-electron chi connectivity index (χ2n) is 9.55. The molecule has 2 fully saturated rings. The predicted molar refractivity (Wildman–Crippen MR) is 147 cm³/mol. The first-order chi connectivity index (χ1) is 18.5. The first kappa shape index (κ1) is 28.2. The van der Waals surface area contributed by atoms with Gasteiger partial charge in [-0.15, -0.1) is 11.3 Å². The Bertz CT molecular complexity index is 1210. The Balaban J connectivity index is 0.00000107. The fourth-order valence-electron chi connectivity index (χ4n) is 4.98. The van der Waals surface area contributed by atoms with Crippen molar-refractivity contribution in [2.24, 2.45) is 0 Å². The lowest BCUT2D eigenvalue weighted by atomic mass is 10.2. The van der Waals surface area contributed by atoms with Gasteiger partial charge in [-0.3, -0.25) is 4.79 Å². The zero-order valence-corrected chi connectivity index (χ0v) is 22.5. The molecule has 3 aromatic rings. The predicted octanol–water partition coefficient (Wildman–Crippen LogP) is 4.35. The minimum atomic E-state index is -0.750. The Morgan fingerprint density at radius 2 is 1.92 bits per heavy atom. The number of thiophene rings is 1. The number of aliphatic hydroxyl groups excluding tert-OH is 1. The summed E-state index contributed by atoms with van der Waals surface area (Å²) < 4.78 is 20.1. The van der Waals surface area contributed by atoms with Crippen LogP contribution in [0, 0.1) is 12.7 Å². The molecule has 0 bridgehead atoms. The summed E-state index contributed by atoms with van der Waals surface area (Å²) in [5, 5.41) is 21.4. The van der Waals surface area contributed by atoms with E-state index in [2.05, 4.69) is 25.5 Å². The number of carbonyl (C=O) groups excluding carboxylic acids is 1. The van der Waals surface area contributed by atoms with E-state index >= 15 is 0 Å². The summed E-state index contributed by atoms with van der Waals surface area (Å²) in [6.07, 6.45) is 9.30. The molecule has 206 valence electrons. The number of aromatic nitrogens is 2. The maximum absolute atomic E-state index is 14.0. The number of fused-ring (bicyclic) bond motifs is 1. The first-order valence-electron chi connectivity index (χ1n) is 13.2. The first-order valence-corrected chi connectivity index (χ1v) is 14.0. The van der Waals surface area contributed by atoms with Crippen LogP contribution in [0.3, 0.4) is 0 Å². The molecule has 1 aromatic carbocycles. The van der Waals surface area contributed by atoms with Crippen molar-refractivity contribution < 1.29 is 24.1 Å². The number of carbonyl (C=O) groups is 1. The number of amides is 1. The molecule has 1 saturated heterocycles. The van der Waals surface area contributed by atoms with Gasteiger partial charge in [0.1, 0.15) is 35.3 Å². The van der Waals surface area contributed by atoms with Crippen molar-refractivity contribution in [3.05, 3.63) is 40.8 Å². The van der Waals surface area contributed by atoms with Gasteiger partial charge in [-0.2, -0.15) is 0 Å². The normalized spacial score (nSPS) is 15.9. The molecule has 1 amide bonds. The van der Waals surface area contributed by atoms with Crippen molar-refractivity contribution >= 4 is 39.0 Å². The molecule has 2 aromatic heterocycles. The molecule has 3 heterocycles. The molecule has 0 atom stereocenters. The van der Waals surface area contributed by atoms with Gasteiger partial charge < -0.3 is 30.5 Å². The third-order valence-electron chi connectivity index (χ3n) is 6.86. The summed E-state index contributed by atoms with van der Waals surface area (Å²) in [5.74, 6) is 0.643. The number of nitrogens with zero attached hydrogens (tertiary/aromatic N) is 3. The molecular formula is C27H36FN5O4S. The second kappa shape index (κ2) is 13.8. The molecule has 0 radical (unpaired) electrons. The van der Waals surface area contributed by atoms with E-state index in [0.29, 0.717) is 28.7 Å². The van der Waals surface area contributed by atoms with Gasteiger partial charge in [0, 0.05) is 12.6 Å². The summed E-state index contributed by atoms with van der Waals surface area (Å²) >= 11 is 1.37. The third-order valence-corrected chi connectivity index (χ3v) is 8.06. The molecule has 1 aliphatic heterocycles. The molecule has 1 saturated carbocycles. The topological polar surface area (TPSA) is 120 Å². The minimum Gasteiger partial charge on any atom is -0.488 e. The quantitative estimate of drug-likeness (QED) is 0.232. The van der Waals surface area contributed by atoms with Crippen LogP contribution < -0.4 is 15.4 Å². The lowest BCUT2D eigenvalue weighted by molar-refractivity contribution is 0.0773. The van der Waals surface area contributed by atoms with Gasteiger partial charge in [-0.25, -0.2) is 14.4 Å². The fourth-order valence-corrected chi connectivity index (χ4v) is 6.05. The van der Waals surface area contributed by atoms with E-state index in [4.69, 9.17) is 14.9 Å². The molecule has 11 heteroatoms. The van der Waals surface area contributed by atoms with E-state index < -0.39 is 6.79 Å². The van der Waals surface area contributed by atoms with Crippen molar-refractivity contribution in [1.82, 2.24) is 20.2 Å². The molecule has 9 nitrogen and oxygen atoms in total. The summed E-state index contributed by atoms with van der Waals surface area (Å²) in [4.78, 5) is 25.6. The number of halogens is 1. The highest BCUT2D eigenvalue weighted by molar-refractivity contribution is 7.20. The average Bonchev–Trinajstić information content (AvgIpc) is 3.67. The monoisotopic (exact) mass is 545 g/mol. The van der Waals surface area contributed by atoms with Gasteiger partial charge in [0.05, 0.1) is 22.1 Å². The number of aryl methyl sites for hydroxylation is 1. The van der Waals surface area contributed by atoms with Crippen LogP contribution in [-0.4, -0.2) is 70.1 Å². The van der Waals surface area contributed by atoms with E-state index in [0.717, 1.165) is 54.4 Å². The summed E-state index contributed by atoms with van der Waals surface area (Å²) in [6, 6.07) is 4.49. The Kier molecular flexibility index (Phi) is 10.2. The summed E-state index contributed by atoms with van der Waals surface area (Å²) in [7, 11) is 0. The van der Waals surface area contributed by atoms with Crippen LogP contribution in [0.1, 0.15) is 60.2 Å². The van der Waals surface area contributed by atoms with Crippen molar-refractivity contribution in [2.75, 3.05) is 38.3 Å². The number of nitrogens with one attached hydrogen (secondary N) is 2. The molecule has 5 rings (SSSR count).